The molecule has 0 bridgehead atoms. The molecule has 2 aromatic rings. The molecule has 0 saturated carbocycles. The average Bonchev–Trinajstić information content (AvgIpc) is 2.73. The number of piperidine rings is 1. The van der Waals surface area contributed by atoms with Crippen molar-refractivity contribution in [2.45, 2.75) is 19.4 Å². The maximum Gasteiger partial charge on any atom is 0.317 e. The van der Waals surface area contributed by atoms with Crippen molar-refractivity contribution in [3.05, 3.63) is 60.2 Å². The number of carbonyl (C=O) groups excluding carboxylic acids is 2. The minimum Gasteiger partial charge on any atom is -0.497 e. The van der Waals surface area contributed by atoms with E-state index in [0.717, 1.165) is 29.8 Å². The van der Waals surface area contributed by atoms with Gasteiger partial charge in [0.1, 0.15) is 5.75 Å². The zero-order valence-corrected chi connectivity index (χ0v) is 15.5. The summed E-state index contributed by atoms with van der Waals surface area (Å²) in [6, 6.07) is 16.9. The van der Waals surface area contributed by atoms with Gasteiger partial charge >= 0.3 is 6.03 Å². The van der Waals surface area contributed by atoms with Crippen LogP contribution in [0.3, 0.4) is 0 Å². The summed E-state index contributed by atoms with van der Waals surface area (Å²) in [7, 11) is 1.60. The highest BCUT2D eigenvalue weighted by molar-refractivity contribution is 5.93. The van der Waals surface area contributed by atoms with Gasteiger partial charge in [0.25, 0.3) is 0 Å². The Morgan fingerprint density at radius 2 is 1.85 bits per heavy atom. The number of methoxy groups -OCH3 is 1. The second-order valence-corrected chi connectivity index (χ2v) is 6.65. The van der Waals surface area contributed by atoms with Crippen LogP contribution < -0.4 is 15.4 Å². The van der Waals surface area contributed by atoms with Gasteiger partial charge in [0.05, 0.1) is 13.0 Å². The van der Waals surface area contributed by atoms with Gasteiger partial charge in [-0.1, -0.05) is 30.3 Å². The van der Waals surface area contributed by atoms with E-state index in [1.807, 2.05) is 42.5 Å². The third kappa shape index (κ3) is 5.23. The number of urea groups is 1. The first-order chi connectivity index (χ1) is 13.2. The van der Waals surface area contributed by atoms with Crippen molar-refractivity contribution < 1.29 is 14.3 Å². The number of benzene rings is 2. The van der Waals surface area contributed by atoms with Gasteiger partial charge in [0, 0.05) is 25.3 Å². The van der Waals surface area contributed by atoms with E-state index in [2.05, 4.69) is 10.6 Å². The number of anilines is 1. The molecule has 2 aromatic carbocycles. The Hall–Kier alpha value is -3.02. The molecule has 1 aliphatic rings. The molecule has 1 fully saturated rings. The topological polar surface area (TPSA) is 70.7 Å². The van der Waals surface area contributed by atoms with Crippen molar-refractivity contribution in [2.75, 3.05) is 25.5 Å². The summed E-state index contributed by atoms with van der Waals surface area (Å²) in [5, 5.41) is 5.86. The summed E-state index contributed by atoms with van der Waals surface area (Å²) < 4.78 is 5.12. The van der Waals surface area contributed by atoms with Crippen LogP contribution >= 0.6 is 0 Å². The highest BCUT2D eigenvalue weighted by atomic mass is 16.5. The Bertz CT molecular complexity index is 762. The first-order valence-corrected chi connectivity index (χ1v) is 9.17. The van der Waals surface area contributed by atoms with Crippen molar-refractivity contribution in [2.24, 2.45) is 5.92 Å². The van der Waals surface area contributed by atoms with Gasteiger partial charge in [-0.05, 0) is 42.7 Å². The molecule has 142 valence electrons. The van der Waals surface area contributed by atoms with Crippen molar-refractivity contribution in [1.29, 1.82) is 0 Å². The number of likely N-dealkylation sites (tertiary alicyclic amines) is 1. The largest absolute Gasteiger partial charge is 0.497 e. The van der Waals surface area contributed by atoms with Gasteiger partial charge in [-0.2, -0.15) is 0 Å². The molecular formula is C21H25N3O3. The second-order valence-electron chi connectivity index (χ2n) is 6.65. The van der Waals surface area contributed by atoms with Crippen LogP contribution in [0, 0.1) is 5.92 Å². The smallest absolute Gasteiger partial charge is 0.317 e. The molecule has 1 heterocycles. The fourth-order valence-corrected chi connectivity index (χ4v) is 3.18. The van der Waals surface area contributed by atoms with Gasteiger partial charge in [-0.3, -0.25) is 4.79 Å². The van der Waals surface area contributed by atoms with Crippen molar-refractivity contribution in [1.82, 2.24) is 10.2 Å². The number of hydrogen-bond donors (Lipinski definition) is 2. The summed E-state index contributed by atoms with van der Waals surface area (Å²) in [6.45, 7) is 1.59. The van der Waals surface area contributed by atoms with Crippen molar-refractivity contribution >= 4 is 17.6 Å². The minimum absolute atomic E-state index is 0.0549. The van der Waals surface area contributed by atoms with Gasteiger partial charge in [-0.15, -0.1) is 0 Å². The number of carbonyl (C=O) groups is 2. The number of rotatable bonds is 5. The number of ether oxygens (including phenoxy) is 1. The minimum atomic E-state index is -0.205. The molecule has 1 saturated heterocycles. The summed E-state index contributed by atoms with van der Waals surface area (Å²) in [4.78, 5) is 26.7. The predicted molar refractivity (Wildman–Crippen MR) is 105 cm³/mol. The van der Waals surface area contributed by atoms with E-state index in [1.165, 1.54) is 0 Å². The molecule has 3 amide bonds. The Balaban J connectivity index is 1.51. The molecule has 2 N–H and O–H groups in total. The summed E-state index contributed by atoms with van der Waals surface area (Å²) in [5.74, 6) is 0.482. The molecule has 1 aliphatic heterocycles. The fourth-order valence-electron chi connectivity index (χ4n) is 3.18. The van der Waals surface area contributed by atoms with Crippen LogP contribution in [0.4, 0.5) is 10.5 Å². The highest BCUT2D eigenvalue weighted by Gasteiger charge is 2.28. The molecule has 1 atom stereocenters. The number of hydrogen-bond acceptors (Lipinski definition) is 3. The lowest BCUT2D eigenvalue weighted by atomic mass is 9.97. The van der Waals surface area contributed by atoms with Crippen LogP contribution in [0.5, 0.6) is 5.75 Å². The molecule has 0 aliphatic carbocycles. The molecule has 0 spiro atoms. The van der Waals surface area contributed by atoms with Crippen LogP contribution in [0.1, 0.15) is 18.4 Å². The number of nitrogens with zero attached hydrogens (tertiary/aromatic N) is 1. The number of amides is 3. The van der Waals surface area contributed by atoms with E-state index in [4.69, 9.17) is 4.74 Å². The highest BCUT2D eigenvalue weighted by Crippen LogP contribution is 2.20. The lowest BCUT2D eigenvalue weighted by Crippen LogP contribution is -2.47. The summed E-state index contributed by atoms with van der Waals surface area (Å²) in [6.07, 6.45) is 1.60. The Morgan fingerprint density at radius 3 is 2.56 bits per heavy atom. The first kappa shape index (κ1) is 18.8. The third-order valence-electron chi connectivity index (χ3n) is 4.72. The maximum atomic E-state index is 12.6. The normalized spacial score (nSPS) is 16.5. The van der Waals surface area contributed by atoms with Crippen LogP contribution in [0.15, 0.2) is 54.6 Å². The van der Waals surface area contributed by atoms with Gasteiger partial charge in [0.2, 0.25) is 5.91 Å². The second kappa shape index (κ2) is 9.07. The molecule has 0 aromatic heterocycles. The molecule has 6 heteroatoms. The lowest BCUT2D eigenvalue weighted by Gasteiger charge is -2.32. The average molecular weight is 367 g/mol. The summed E-state index contributed by atoms with van der Waals surface area (Å²) >= 11 is 0. The van der Waals surface area contributed by atoms with E-state index in [1.54, 1.807) is 24.1 Å². The Morgan fingerprint density at radius 1 is 1.11 bits per heavy atom. The third-order valence-corrected chi connectivity index (χ3v) is 4.72. The first-order valence-electron chi connectivity index (χ1n) is 9.17. The zero-order valence-electron chi connectivity index (χ0n) is 15.5. The van der Waals surface area contributed by atoms with E-state index >= 15 is 0 Å². The molecule has 6 nitrogen and oxygen atoms in total. The fraction of sp³-hybridized carbons (Fsp3) is 0.333. The molecule has 27 heavy (non-hydrogen) atoms. The Labute approximate surface area is 159 Å². The van der Waals surface area contributed by atoms with E-state index in [-0.39, 0.29) is 17.9 Å². The molecule has 1 unspecified atom stereocenters. The van der Waals surface area contributed by atoms with Crippen LogP contribution in [0.25, 0.3) is 0 Å². The quantitative estimate of drug-likeness (QED) is 0.852. The maximum absolute atomic E-state index is 12.6. The van der Waals surface area contributed by atoms with Crippen molar-refractivity contribution in [3.8, 4) is 5.75 Å². The monoisotopic (exact) mass is 367 g/mol. The van der Waals surface area contributed by atoms with E-state index < -0.39 is 0 Å². The van der Waals surface area contributed by atoms with Crippen LogP contribution in [-0.4, -0.2) is 37.0 Å². The van der Waals surface area contributed by atoms with Crippen LogP contribution in [0.2, 0.25) is 0 Å². The SMILES string of the molecule is COc1ccc(NC(=O)C2CCCN(C(=O)NCc3ccccc3)C2)cc1. The van der Waals surface area contributed by atoms with Gasteiger partial charge < -0.3 is 20.3 Å². The molecular weight excluding hydrogens is 342 g/mol. The van der Waals surface area contributed by atoms with E-state index in [0.29, 0.717) is 19.6 Å². The van der Waals surface area contributed by atoms with Crippen molar-refractivity contribution in [3.63, 3.8) is 0 Å². The Kier molecular flexibility index (Phi) is 6.30. The standard InChI is InChI=1S/C21H25N3O3/c1-27-19-11-9-18(10-12-19)23-20(25)17-8-5-13-24(15-17)21(26)22-14-16-6-3-2-4-7-16/h2-4,6-7,9-12,17H,5,8,13-15H2,1H3,(H,22,26)(H,23,25). The lowest BCUT2D eigenvalue weighted by molar-refractivity contribution is -0.121. The predicted octanol–water partition coefficient (Wildman–Crippen LogP) is 3.26. The summed E-state index contributed by atoms with van der Waals surface area (Å²) in [5.41, 5.74) is 1.78. The van der Waals surface area contributed by atoms with Gasteiger partial charge in [0.15, 0.2) is 0 Å². The molecule has 0 radical (unpaired) electrons. The van der Waals surface area contributed by atoms with E-state index in [9.17, 15) is 9.59 Å². The van der Waals surface area contributed by atoms with Crippen LogP contribution in [-0.2, 0) is 11.3 Å². The zero-order chi connectivity index (χ0) is 19.1. The number of nitrogens with one attached hydrogen (secondary N) is 2. The van der Waals surface area contributed by atoms with Gasteiger partial charge in [-0.25, -0.2) is 4.79 Å². The molecule has 3 rings (SSSR count).